The molecule has 1 aromatic rings. The highest BCUT2D eigenvalue weighted by atomic mass is 16.6. The van der Waals surface area contributed by atoms with Crippen molar-refractivity contribution in [3.05, 3.63) is 35.4 Å². The molecule has 1 heterocycles. The zero-order valence-electron chi connectivity index (χ0n) is 10.8. The molecule has 2 rings (SSSR count). The molecule has 1 aliphatic heterocycles. The van der Waals surface area contributed by atoms with E-state index in [1.165, 1.54) is 12.1 Å². The van der Waals surface area contributed by atoms with Crippen LogP contribution in [0.1, 0.15) is 41.0 Å². The SMILES string of the molecule is CCOC(=O)C1(CC)OC(=O)c2ccccc2C1=O. The number of rotatable bonds is 3. The van der Waals surface area contributed by atoms with E-state index in [1.807, 2.05) is 0 Å². The lowest BCUT2D eigenvalue weighted by molar-refractivity contribution is -0.161. The van der Waals surface area contributed by atoms with E-state index in [0.717, 1.165) is 0 Å². The molecule has 0 aliphatic carbocycles. The largest absolute Gasteiger partial charge is 0.463 e. The molecular weight excluding hydrogens is 248 g/mol. The first-order valence-electron chi connectivity index (χ1n) is 6.11. The average molecular weight is 262 g/mol. The number of fused-ring (bicyclic) bond motifs is 1. The van der Waals surface area contributed by atoms with Crippen molar-refractivity contribution in [3.63, 3.8) is 0 Å². The molecule has 5 nitrogen and oxygen atoms in total. The Bertz CT molecular complexity index is 549. The van der Waals surface area contributed by atoms with E-state index in [4.69, 9.17) is 9.47 Å². The highest BCUT2D eigenvalue weighted by Crippen LogP contribution is 2.31. The number of benzene rings is 1. The van der Waals surface area contributed by atoms with Crippen LogP contribution in [0.4, 0.5) is 0 Å². The fourth-order valence-electron chi connectivity index (χ4n) is 2.10. The van der Waals surface area contributed by atoms with Gasteiger partial charge in [0.05, 0.1) is 12.2 Å². The second kappa shape index (κ2) is 4.84. The van der Waals surface area contributed by atoms with Gasteiger partial charge in [-0.2, -0.15) is 0 Å². The number of cyclic esters (lactones) is 1. The van der Waals surface area contributed by atoms with Crippen molar-refractivity contribution in [2.75, 3.05) is 6.61 Å². The molecule has 1 aromatic carbocycles. The van der Waals surface area contributed by atoms with Gasteiger partial charge in [0.2, 0.25) is 5.78 Å². The van der Waals surface area contributed by atoms with Crippen molar-refractivity contribution < 1.29 is 23.9 Å². The molecule has 0 spiro atoms. The summed E-state index contributed by atoms with van der Waals surface area (Å²) in [5, 5.41) is 0. The van der Waals surface area contributed by atoms with Gasteiger partial charge >= 0.3 is 11.9 Å². The summed E-state index contributed by atoms with van der Waals surface area (Å²) in [4.78, 5) is 36.4. The molecule has 0 saturated carbocycles. The number of esters is 2. The van der Waals surface area contributed by atoms with Crippen molar-refractivity contribution >= 4 is 17.7 Å². The molecule has 1 aliphatic rings. The topological polar surface area (TPSA) is 69.7 Å². The van der Waals surface area contributed by atoms with Gasteiger partial charge in [0, 0.05) is 12.0 Å². The summed E-state index contributed by atoms with van der Waals surface area (Å²) >= 11 is 0. The Balaban J connectivity index is 2.53. The number of Topliss-reactive ketones (excluding diaryl/α,β-unsaturated/α-hetero) is 1. The standard InChI is InChI=1S/C14H14O5/c1-3-14(13(17)18-4-2)11(15)9-7-5-6-8-10(9)12(16)19-14/h5-8H,3-4H2,1-2H3. The Morgan fingerprint density at radius 3 is 2.42 bits per heavy atom. The van der Waals surface area contributed by atoms with Gasteiger partial charge < -0.3 is 9.47 Å². The predicted octanol–water partition coefficient (Wildman–Crippen LogP) is 1.75. The summed E-state index contributed by atoms with van der Waals surface area (Å²) in [6.07, 6.45) is 0.0464. The van der Waals surface area contributed by atoms with Crippen LogP contribution in [0.5, 0.6) is 0 Å². The highest BCUT2D eigenvalue weighted by molar-refractivity contribution is 6.22. The second-order valence-electron chi connectivity index (χ2n) is 4.17. The summed E-state index contributed by atoms with van der Waals surface area (Å²) in [6.45, 7) is 3.35. The van der Waals surface area contributed by atoms with Gasteiger partial charge in [-0.05, 0) is 13.0 Å². The molecule has 1 unspecified atom stereocenters. The third-order valence-electron chi connectivity index (χ3n) is 3.13. The van der Waals surface area contributed by atoms with E-state index in [1.54, 1.807) is 26.0 Å². The molecule has 0 fully saturated rings. The smallest absolute Gasteiger partial charge is 0.358 e. The Labute approximate surface area is 110 Å². The third kappa shape index (κ3) is 1.91. The molecule has 0 aromatic heterocycles. The number of hydrogen-bond acceptors (Lipinski definition) is 5. The van der Waals surface area contributed by atoms with E-state index in [0.29, 0.717) is 0 Å². The Hall–Kier alpha value is -2.17. The minimum atomic E-state index is -1.85. The molecule has 0 amide bonds. The first kappa shape index (κ1) is 13.3. The van der Waals surface area contributed by atoms with E-state index in [2.05, 4.69) is 0 Å². The number of ketones is 1. The van der Waals surface area contributed by atoms with Gasteiger partial charge in [-0.1, -0.05) is 25.1 Å². The number of carbonyl (C=O) groups excluding carboxylic acids is 3. The van der Waals surface area contributed by atoms with Gasteiger partial charge in [0.1, 0.15) is 0 Å². The summed E-state index contributed by atoms with van der Waals surface area (Å²) in [7, 11) is 0. The normalized spacial score (nSPS) is 21.6. The van der Waals surface area contributed by atoms with Crippen LogP contribution in [0.25, 0.3) is 0 Å². The van der Waals surface area contributed by atoms with Crippen molar-refractivity contribution in [3.8, 4) is 0 Å². The van der Waals surface area contributed by atoms with Crippen LogP contribution in [-0.4, -0.2) is 29.9 Å². The maximum absolute atomic E-state index is 12.5. The molecule has 0 saturated heterocycles. The van der Waals surface area contributed by atoms with Crippen LogP contribution in [0.15, 0.2) is 24.3 Å². The van der Waals surface area contributed by atoms with Crippen LogP contribution >= 0.6 is 0 Å². The second-order valence-corrected chi connectivity index (χ2v) is 4.17. The minimum Gasteiger partial charge on any atom is -0.463 e. The van der Waals surface area contributed by atoms with Crippen molar-refractivity contribution in [1.82, 2.24) is 0 Å². The summed E-state index contributed by atoms with van der Waals surface area (Å²) in [6, 6.07) is 6.29. The molecule has 1 atom stereocenters. The maximum atomic E-state index is 12.5. The summed E-state index contributed by atoms with van der Waals surface area (Å²) in [5.74, 6) is -2.01. The van der Waals surface area contributed by atoms with Crippen molar-refractivity contribution in [1.29, 1.82) is 0 Å². The maximum Gasteiger partial charge on any atom is 0.358 e. The molecule has 19 heavy (non-hydrogen) atoms. The van der Waals surface area contributed by atoms with Crippen LogP contribution in [0, 0.1) is 0 Å². The van der Waals surface area contributed by atoms with Crippen molar-refractivity contribution in [2.24, 2.45) is 0 Å². The van der Waals surface area contributed by atoms with Crippen molar-refractivity contribution in [2.45, 2.75) is 25.9 Å². The Morgan fingerprint density at radius 1 is 1.21 bits per heavy atom. The minimum absolute atomic E-state index is 0.0464. The monoisotopic (exact) mass is 262 g/mol. The number of carbonyl (C=O) groups is 3. The predicted molar refractivity (Wildman–Crippen MR) is 65.8 cm³/mol. The van der Waals surface area contributed by atoms with Gasteiger partial charge in [0.15, 0.2) is 0 Å². The van der Waals surface area contributed by atoms with Crippen LogP contribution < -0.4 is 0 Å². The van der Waals surface area contributed by atoms with E-state index in [9.17, 15) is 14.4 Å². The Morgan fingerprint density at radius 2 is 1.84 bits per heavy atom. The fourth-order valence-corrected chi connectivity index (χ4v) is 2.10. The van der Waals surface area contributed by atoms with Gasteiger partial charge in [-0.15, -0.1) is 0 Å². The zero-order valence-corrected chi connectivity index (χ0v) is 10.8. The fraction of sp³-hybridized carbons (Fsp3) is 0.357. The molecule has 0 N–H and O–H groups in total. The van der Waals surface area contributed by atoms with E-state index in [-0.39, 0.29) is 24.2 Å². The van der Waals surface area contributed by atoms with Gasteiger partial charge in [0.25, 0.3) is 5.60 Å². The molecule has 0 bridgehead atoms. The van der Waals surface area contributed by atoms with Gasteiger partial charge in [-0.25, -0.2) is 9.59 Å². The van der Waals surface area contributed by atoms with E-state index < -0.39 is 23.3 Å². The number of ether oxygens (including phenoxy) is 2. The lowest BCUT2D eigenvalue weighted by Crippen LogP contribution is -2.54. The zero-order chi connectivity index (χ0) is 14.0. The molecule has 0 radical (unpaired) electrons. The lowest BCUT2D eigenvalue weighted by Gasteiger charge is -2.32. The number of hydrogen-bond donors (Lipinski definition) is 0. The van der Waals surface area contributed by atoms with Crippen LogP contribution in [0.3, 0.4) is 0 Å². The molecule has 5 heteroatoms. The lowest BCUT2D eigenvalue weighted by atomic mass is 9.85. The first-order valence-corrected chi connectivity index (χ1v) is 6.11. The molecular formula is C14H14O5. The third-order valence-corrected chi connectivity index (χ3v) is 3.13. The quantitative estimate of drug-likeness (QED) is 0.613. The van der Waals surface area contributed by atoms with Gasteiger partial charge in [-0.3, -0.25) is 4.79 Å². The molecule has 100 valence electrons. The van der Waals surface area contributed by atoms with E-state index >= 15 is 0 Å². The van der Waals surface area contributed by atoms with Crippen LogP contribution in [0.2, 0.25) is 0 Å². The summed E-state index contributed by atoms with van der Waals surface area (Å²) in [5.41, 5.74) is -1.46. The Kier molecular flexibility index (Phi) is 3.38. The highest BCUT2D eigenvalue weighted by Gasteiger charge is 2.53. The summed E-state index contributed by atoms with van der Waals surface area (Å²) < 4.78 is 9.99. The average Bonchev–Trinajstić information content (AvgIpc) is 2.43. The van der Waals surface area contributed by atoms with Crippen LogP contribution in [-0.2, 0) is 14.3 Å². The first-order chi connectivity index (χ1) is 9.06.